The summed E-state index contributed by atoms with van der Waals surface area (Å²) >= 11 is 0. The number of carbonyl (C=O) groups is 1. The zero-order valence-corrected chi connectivity index (χ0v) is 13.8. The molecule has 0 radical (unpaired) electrons. The summed E-state index contributed by atoms with van der Waals surface area (Å²) in [5, 5.41) is 3.32. The summed E-state index contributed by atoms with van der Waals surface area (Å²) in [6.07, 6.45) is 3.13. The van der Waals surface area contributed by atoms with E-state index in [-0.39, 0.29) is 5.91 Å². The lowest BCUT2D eigenvalue weighted by atomic mass is 10.0. The summed E-state index contributed by atoms with van der Waals surface area (Å²) in [5.41, 5.74) is 2.39. The van der Waals surface area contributed by atoms with Crippen molar-refractivity contribution in [3.63, 3.8) is 0 Å². The van der Waals surface area contributed by atoms with Crippen LogP contribution in [-0.2, 0) is 20.7 Å². The SMILES string of the molecule is CCc1ccc(NCCC(=O)N2CCC3(CC2)OCCO3)cc1. The maximum Gasteiger partial charge on any atom is 0.224 e. The molecule has 2 fully saturated rings. The topological polar surface area (TPSA) is 50.8 Å². The van der Waals surface area contributed by atoms with Gasteiger partial charge in [-0.15, -0.1) is 0 Å². The van der Waals surface area contributed by atoms with E-state index in [0.29, 0.717) is 26.2 Å². The molecule has 5 nitrogen and oxygen atoms in total. The van der Waals surface area contributed by atoms with Crippen molar-refractivity contribution in [3.8, 4) is 0 Å². The summed E-state index contributed by atoms with van der Waals surface area (Å²) in [4.78, 5) is 14.2. The van der Waals surface area contributed by atoms with E-state index in [0.717, 1.165) is 38.0 Å². The molecule has 23 heavy (non-hydrogen) atoms. The Kier molecular flexibility index (Phi) is 5.18. The van der Waals surface area contributed by atoms with Gasteiger partial charge in [-0.3, -0.25) is 4.79 Å². The normalized spacial score (nSPS) is 20.0. The number of likely N-dealkylation sites (tertiary alicyclic amines) is 1. The number of hydrogen-bond donors (Lipinski definition) is 1. The molecule has 1 aromatic carbocycles. The lowest BCUT2D eigenvalue weighted by molar-refractivity contribution is -0.187. The molecule has 2 aliphatic rings. The molecule has 2 aliphatic heterocycles. The predicted octanol–water partition coefficient (Wildman–Crippen LogP) is 2.42. The fraction of sp³-hybridized carbons (Fsp3) is 0.611. The van der Waals surface area contributed by atoms with Crippen LogP contribution in [0.2, 0.25) is 0 Å². The predicted molar refractivity (Wildman–Crippen MR) is 89.4 cm³/mol. The molecule has 0 bridgehead atoms. The van der Waals surface area contributed by atoms with E-state index < -0.39 is 5.79 Å². The molecule has 2 heterocycles. The number of nitrogens with zero attached hydrogens (tertiary/aromatic N) is 1. The highest BCUT2D eigenvalue weighted by Crippen LogP contribution is 2.31. The van der Waals surface area contributed by atoms with Crippen molar-refractivity contribution in [2.45, 2.75) is 38.4 Å². The van der Waals surface area contributed by atoms with Gasteiger partial charge in [0.05, 0.1) is 13.2 Å². The second-order valence-corrected chi connectivity index (χ2v) is 6.22. The number of nitrogens with one attached hydrogen (secondary N) is 1. The van der Waals surface area contributed by atoms with Crippen LogP contribution in [0.25, 0.3) is 0 Å². The Morgan fingerprint density at radius 3 is 2.43 bits per heavy atom. The van der Waals surface area contributed by atoms with Crippen molar-refractivity contribution in [1.82, 2.24) is 4.90 Å². The molecule has 1 aromatic rings. The Bertz CT molecular complexity index is 514. The highest BCUT2D eigenvalue weighted by Gasteiger charge is 2.40. The standard InChI is InChI=1S/C18H26N2O3/c1-2-15-3-5-16(6-4-15)19-10-7-17(21)20-11-8-18(9-12-20)22-13-14-23-18/h3-6,19H,2,7-14H2,1H3. The van der Waals surface area contributed by atoms with Crippen LogP contribution in [0.15, 0.2) is 24.3 Å². The maximum atomic E-state index is 12.3. The third kappa shape index (κ3) is 4.03. The van der Waals surface area contributed by atoms with Gasteiger partial charge in [-0.05, 0) is 24.1 Å². The quantitative estimate of drug-likeness (QED) is 0.906. The maximum absolute atomic E-state index is 12.3. The van der Waals surface area contributed by atoms with Crippen LogP contribution in [0.5, 0.6) is 0 Å². The van der Waals surface area contributed by atoms with Crippen LogP contribution in [0.4, 0.5) is 5.69 Å². The number of amides is 1. The van der Waals surface area contributed by atoms with E-state index in [1.165, 1.54) is 5.56 Å². The molecule has 0 aliphatic carbocycles. The lowest BCUT2D eigenvalue weighted by Crippen LogP contribution is -2.47. The lowest BCUT2D eigenvalue weighted by Gasteiger charge is -2.37. The Morgan fingerprint density at radius 1 is 1.17 bits per heavy atom. The number of rotatable bonds is 5. The van der Waals surface area contributed by atoms with Crippen LogP contribution in [0.1, 0.15) is 31.7 Å². The highest BCUT2D eigenvalue weighted by atomic mass is 16.7. The molecule has 1 N–H and O–H groups in total. The van der Waals surface area contributed by atoms with Crippen molar-refractivity contribution in [2.75, 3.05) is 38.2 Å². The highest BCUT2D eigenvalue weighted by molar-refractivity contribution is 5.76. The molecule has 5 heteroatoms. The minimum Gasteiger partial charge on any atom is -0.385 e. The van der Waals surface area contributed by atoms with Gasteiger partial charge >= 0.3 is 0 Å². The molecule has 1 spiro atoms. The first-order valence-electron chi connectivity index (χ1n) is 8.59. The molecule has 3 rings (SSSR count). The van der Waals surface area contributed by atoms with Gasteiger partial charge < -0.3 is 19.7 Å². The Hall–Kier alpha value is -1.59. The number of benzene rings is 1. The summed E-state index contributed by atoms with van der Waals surface area (Å²) < 4.78 is 11.4. The second-order valence-electron chi connectivity index (χ2n) is 6.22. The summed E-state index contributed by atoms with van der Waals surface area (Å²) in [7, 11) is 0. The fourth-order valence-corrected chi connectivity index (χ4v) is 3.21. The molecule has 0 saturated carbocycles. The van der Waals surface area contributed by atoms with Crippen molar-refractivity contribution >= 4 is 11.6 Å². The van der Waals surface area contributed by atoms with Crippen molar-refractivity contribution in [2.24, 2.45) is 0 Å². The van der Waals surface area contributed by atoms with E-state index >= 15 is 0 Å². The number of carbonyl (C=O) groups excluding carboxylic acids is 1. The first-order chi connectivity index (χ1) is 11.2. The van der Waals surface area contributed by atoms with Crippen LogP contribution in [0, 0.1) is 0 Å². The number of aryl methyl sites for hydroxylation is 1. The summed E-state index contributed by atoms with van der Waals surface area (Å²) in [5.74, 6) is -0.203. The van der Waals surface area contributed by atoms with Crippen LogP contribution >= 0.6 is 0 Å². The van der Waals surface area contributed by atoms with Gasteiger partial charge in [0.15, 0.2) is 5.79 Å². The Balaban J connectivity index is 1.39. The molecule has 2 saturated heterocycles. The minimum absolute atomic E-state index is 0.204. The van der Waals surface area contributed by atoms with Gasteiger partial charge in [0.1, 0.15) is 0 Å². The second kappa shape index (κ2) is 7.32. The van der Waals surface area contributed by atoms with Crippen molar-refractivity contribution < 1.29 is 14.3 Å². The van der Waals surface area contributed by atoms with Gasteiger partial charge in [-0.2, -0.15) is 0 Å². The number of anilines is 1. The average Bonchev–Trinajstić information content (AvgIpc) is 3.04. The van der Waals surface area contributed by atoms with Gasteiger partial charge in [0.25, 0.3) is 0 Å². The molecule has 1 amide bonds. The zero-order chi connectivity index (χ0) is 16.1. The molecular formula is C18H26N2O3. The molecule has 0 aromatic heterocycles. The van der Waals surface area contributed by atoms with Crippen LogP contribution in [0.3, 0.4) is 0 Å². The smallest absolute Gasteiger partial charge is 0.224 e. The van der Waals surface area contributed by atoms with Crippen LogP contribution < -0.4 is 5.32 Å². The zero-order valence-electron chi connectivity index (χ0n) is 13.8. The van der Waals surface area contributed by atoms with E-state index in [1.807, 2.05) is 4.90 Å². The number of hydrogen-bond acceptors (Lipinski definition) is 4. The monoisotopic (exact) mass is 318 g/mol. The molecule has 0 atom stereocenters. The fourth-order valence-electron chi connectivity index (χ4n) is 3.21. The van der Waals surface area contributed by atoms with Gasteiger partial charge in [0.2, 0.25) is 5.91 Å². The van der Waals surface area contributed by atoms with E-state index in [2.05, 4.69) is 36.5 Å². The summed E-state index contributed by atoms with van der Waals surface area (Å²) in [6.45, 7) is 5.61. The Labute approximate surface area is 137 Å². The average molecular weight is 318 g/mol. The summed E-state index contributed by atoms with van der Waals surface area (Å²) in [6, 6.07) is 8.39. The number of piperidine rings is 1. The molecule has 126 valence electrons. The third-order valence-electron chi connectivity index (χ3n) is 4.72. The van der Waals surface area contributed by atoms with E-state index in [1.54, 1.807) is 0 Å². The van der Waals surface area contributed by atoms with Crippen LogP contribution in [-0.4, -0.2) is 49.4 Å². The number of ether oxygens (including phenoxy) is 2. The van der Waals surface area contributed by atoms with E-state index in [4.69, 9.17) is 9.47 Å². The van der Waals surface area contributed by atoms with Gasteiger partial charge in [0, 0.05) is 44.6 Å². The first-order valence-corrected chi connectivity index (χ1v) is 8.59. The van der Waals surface area contributed by atoms with E-state index in [9.17, 15) is 4.79 Å². The Morgan fingerprint density at radius 2 is 1.83 bits per heavy atom. The molecular weight excluding hydrogens is 292 g/mol. The molecule has 0 unspecified atom stereocenters. The van der Waals surface area contributed by atoms with Crippen molar-refractivity contribution in [3.05, 3.63) is 29.8 Å². The minimum atomic E-state index is -0.407. The largest absolute Gasteiger partial charge is 0.385 e. The third-order valence-corrected chi connectivity index (χ3v) is 4.72. The van der Waals surface area contributed by atoms with Gasteiger partial charge in [-0.25, -0.2) is 0 Å². The van der Waals surface area contributed by atoms with Crippen molar-refractivity contribution in [1.29, 1.82) is 0 Å². The first kappa shape index (κ1) is 16.3. The van der Waals surface area contributed by atoms with Gasteiger partial charge in [-0.1, -0.05) is 19.1 Å².